The van der Waals surface area contributed by atoms with Crippen LogP contribution in [-0.4, -0.2) is 41.1 Å². The second-order valence-corrected chi connectivity index (χ2v) is 6.01. The zero-order chi connectivity index (χ0) is 17.1. The topological polar surface area (TPSA) is 79.7 Å². The molecule has 0 radical (unpaired) electrons. The van der Waals surface area contributed by atoms with Gasteiger partial charge in [0.05, 0.1) is 0 Å². The van der Waals surface area contributed by atoms with Gasteiger partial charge in [-0.2, -0.15) is 0 Å². The van der Waals surface area contributed by atoms with E-state index in [2.05, 4.69) is 4.98 Å². The molecule has 0 saturated heterocycles. The minimum Gasteiger partial charge on any atom is -0.493 e. The Morgan fingerprint density at radius 1 is 1.38 bits per heavy atom. The molecule has 24 heavy (non-hydrogen) atoms. The van der Waals surface area contributed by atoms with Gasteiger partial charge in [0.15, 0.2) is 11.7 Å². The molecule has 0 fully saturated rings. The minimum absolute atomic E-state index is 0.0256. The number of nitrogens with zero attached hydrogens (tertiary/aromatic N) is 2. The first-order valence-electron chi connectivity index (χ1n) is 7.31. The van der Waals surface area contributed by atoms with Gasteiger partial charge in [0.2, 0.25) is 11.5 Å². The molecule has 0 aliphatic carbocycles. The van der Waals surface area contributed by atoms with E-state index >= 15 is 0 Å². The van der Waals surface area contributed by atoms with Gasteiger partial charge in [-0.25, -0.2) is 9.78 Å². The van der Waals surface area contributed by atoms with Crippen molar-refractivity contribution in [3.63, 3.8) is 0 Å². The Kier molecular flexibility index (Phi) is 4.66. The van der Waals surface area contributed by atoms with Crippen LogP contribution in [0.15, 0.2) is 29.7 Å². The lowest BCUT2D eigenvalue weighted by Crippen LogP contribution is -2.20. The molecule has 3 rings (SSSR count). The number of carbonyl (C=O) groups excluding carboxylic acids is 2. The van der Waals surface area contributed by atoms with E-state index in [1.807, 2.05) is 23.8 Å². The Hall–Kier alpha value is -2.61. The van der Waals surface area contributed by atoms with Crippen molar-refractivity contribution in [1.82, 2.24) is 9.55 Å². The highest BCUT2D eigenvalue weighted by Crippen LogP contribution is 2.22. The molecule has 0 unspecified atom stereocenters. The fourth-order valence-electron chi connectivity index (χ4n) is 2.42. The summed E-state index contributed by atoms with van der Waals surface area (Å²) in [5, 5.41) is 2.66. The number of ether oxygens (including phenoxy) is 3. The summed E-state index contributed by atoms with van der Waals surface area (Å²) >= 11 is 1.48. The molecular formula is C16H16N2O5S. The fraction of sp³-hybridized carbons (Fsp3) is 0.312. The third-order valence-electron chi connectivity index (χ3n) is 3.53. The van der Waals surface area contributed by atoms with Gasteiger partial charge in [0.25, 0.3) is 0 Å². The fourth-order valence-corrected chi connectivity index (χ4v) is 3.17. The first kappa shape index (κ1) is 16.3. The van der Waals surface area contributed by atoms with Crippen LogP contribution in [0.1, 0.15) is 21.7 Å². The predicted octanol–water partition coefficient (Wildman–Crippen LogP) is 2.16. The van der Waals surface area contributed by atoms with Crippen molar-refractivity contribution in [2.75, 3.05) is 19.8 Å². The Morgan fingerprint density at radius 2 is 2.21 bits per heavy atom. The number of thiazole rings is 1. The zero-order valence-corrected chi connectivity index (χ0v) is 14.1. The predicted molar refractivity (Wildman–Crippen MR) is 86.2 cm³/mol. The Bertz CT molecular complexity index is 792. The number of aromatic nitrogens is 2. The van der Waals surface area contributed by atoms with E-state index < -0.39 is 5.97 Å². The molecule has 0 amide bonds. The summed E-state index contributed by atoms with van der Waals surface area (Å²) in [6.07, 6.45) is 2.91. The number of esters is 1. The van der Waals surface area contributed by atoms with Gasteiger partial charge in [-0.15, -0.1) is 11.3 Å². The quantitative estimate of drug-likeness (QED) is 0.608. The number of rotatable bonds is 5. The van der Waals surface area contributed by atoms with E-state index in [0.717, 1.165) is 16.5 Å². The van der Waals surface area contributed by atoms with Gasteiger partial charge in [-0.05, 0) is 19.9 Å². The third-order valence-corrected chi connectivity index (χ3v) is 4.28. The van der Waals surface area contributed by atoms with Crippen LogP contribution in [0.2, 0.25) is 0 Å². The largest absolute Gasteiger partial charge is 0.493 e. The number of hydrogen-bond donors (Lipinski definition) is 0. The summed E-state index contributed by atoms with van der Waals surface area (Å²) < 4.78 is 17.0. The van der Waals surface area contributed by atoms with Gasteiger partial charge in [-0.3, -0.25) is 9.36 Å². The zero-order valence-electron chi connectivity index (χ0n) is 13.3. The molecular weight excluding hydrogens is 332 g/mol. The van der Waals surface area contributed by atoms with Gasteiger partial charge in [0.1, 0.15) is 19.5 Å². The Morgan fingerprint density at radius 3 is 2.88 bits per heavy atom. The summed E-state index contributed by atoms with van der Waals surface area (Å²) in [4.78, 5) is 28.5. The molecule has 3 heterocycles. The van der Waals surface area contributed by atoms with Gasteiger partial charge >= 0.3 is 5.97 Å². The second kappa shape index (κ2) is 6.88. The first-order chi connectivity index (χ1) is 11.6. The normalized spacial score (nSPS) is 13.7. The average Bonchev–Trinajstić information content (AvgIpc) is 3.21. The molecule has 0 saturated carbocycles. The lowest BCUT2D eigenvalue weighted by molar-refractivity contribution is -0.143. The van der Waals surface area contributed by atoms with Gasteiger partial charge in [-0.1, -0.05) is 0 Å². The maximum atomic E-state index is 12.4. The van der Waals surface area contributed by atoms with Crippen LogP contribution in [0.5, 0.6) is 0 Å². The molecule has 126 valence electrons. The molecule has 2 aromatic heterocycles. The number of hydrogen-bond acceptors (Lipinski definition) is 7. The SMILES string of the molecule is Cc1cc(C(=O)COC(=O)C2=COCCO2)c(C)n1-c1nccs1. The second-order valence-electron chi connectivity index (χ2n) is 5.14. The van der Waals surface area contributed by atoms with E-state index in [9.17, 15) is 9.59 Å². The highest BCUT2D eigenvalue weighted by Gasteiger charge is 2.21. The molecule has 0 spiro atoms. The molecule has 8 heteroatoms. The Labute approximate surface area is 142 Å². The molecule has 0 atom stereocenters. The van der Waals surface area contributed by atoms with Crippen LogP contribution in [0, 0.1) is 13.8 Å². The molecule has 0 N–H and O–H groups in total. The van der Waals surface area contributed by atoms with Crippen molar-refractivity contribution in [3.05, 3.63) is 46.6 Å². The third kappa shape index (κ3) is 3.18. The van der Waals surface area contributed by atoms with Crippen molar-refractivity contribution in [2.24, 2.45) is 0 Å². The number of carbonyl (C=O) groups is 2. The van der Waals surface area contributed by atoms with Crippen molar-refractivity contribution in [3.8, 4) is 5.13 Å². The number of Topliss-reactive ketones (excluding diaryl/α,β-unsaturated/α-hetero) is 1. The number of ketones is 1. The smallest absolute Gasteiger partial charge is 0.377 e. The first-order valence-corrected chi connectivity index (χ1v) is 8.19. The van der Waals surface area contributed by atoms with Crippen molar-refractivity contribution in [1.29, 1.82) is 0 Å². The van der Waals surface area contributed by atoms with Crippen LogP contribution in [0.4, 0.5) is 0 Å². The minimum atomic E-state index is -0.711. The van der Waals surface area contributed by atoms with Crippen LogP contribution in [-0.2, 0) is 19.0 Å². The van der Waals surface area contributed by atoms with Crippen molar-refractivity contribution < 1.29 is 23.8 Å². The summed E-state index contributed by atoms with van der Waals surface area (Å²) in [5.74, 6) is -1.02. The molecule has 2 aromatic rings. The van der Waals surface area contributed by atoms with Crippen LogP contribution < -0.4 is 0 Å². The van der Waals surface area contributed by atoms with Crippen molar-refractivity contribution in [2.45, 2.75) is 13.8 Å². The number of aryl methyl sites for hydroxylation is 1. The van der Waals surface area contributed by atoms with Gasteiger partial charge in [0, 0.05) is 28.5 Å². The lowest BCUT2D eigenvalue weighted by Gasteiger charge is -2.14. The van der Waals surface area contributed by atoms with Crippen molar-refractivity contribution >= 4 is 23.1 Å². The standard InChI is InChI=1S/C16H16N2O5S/c1-10-7-12(11(2)18(10)16-17-3-6-24-16)13(19)8-23-15(20)14-9-21-4-5-22-14/h3,6-7,9H,4-5,8H2,1-2H3. The molecule has 1 aliphatic rings. The molecule has 7 nitrogen and oxygen atoms in total. The summed E-state index contributed by atoms with van der Waals surface area (Å²) in [6, 6.07) is 1.77. The average molecular weight is 348 g/mol. The van der Waals surface area contributed by atoms with E-state index in [0.29, 0.717) is 12.2 Å². The van der Waals surface area contributed by atoms with Crippen LogP contribution >= 0.6 is 11.3 Å². The summed E-state index contributed by atoms with van der Waals surface area (Å²) in [7, 11) is 0. The van der Waals surface area contributed by atoms with Gasteiger partial charge < -0.3 is 14.2 Å². The maximum Gasteiger partial charge on any atom is 0.377 e. The maximum absolute atomic E-state index is 12.4. The van der Waals surface area contributed by atoms with E-state index in [-0.39, 0.29) is 24.8 Å². The van der Waals surface area contributed by atoms with E-state index in [4.69, 9.17) is 14.2 Å². The lowest BCUT2D eigenvalue weighted by atomic mass is 10.1. The van der Waals surface area contributed by atoms with E-state index in [1.165, 1.54) is 17.6 Å². The highest BCUT2D eigenvalue weighted by atomic mass is 32.1. The molecule has 0 bridgehead atoms. The van der Waals surface area contributed by atoms with E-state index in [1.54, 1.807) is 12.3 Å². The molecule has 1 aliphatic heterocycles. The molecule has 0 aromatic carbocycles. The summed E-state index contributed by atoms with van der Waals surface area (Å²) in [6.45, 7) is 4.04. The highest BCUT2D eigenvalue weighted by molar-refractivity contribution is 7.12. The summed E-state index contributed by atoms with van der Waals surface area (Å²) in [5.41, 5.74) is 2.16. The Balaban J connectivity index is 1.71. The van der Waals surface area contributed by atoms with Crippen LogP contribution in [0.25, 0.3) is 5.13 Å². The van der Waals surface area contributed by atoms with Crippen LogP contribution in [0.3, 0.4) is 0 Å². The monoisotopic (exact) mass is 348 g/mol.